The Bertz CT molecular complexity index is 435. The fraction of sp³-hybridized carbons (Fsp3) is 0.400. The van der Waals surface area contributed by atoms with Crippen LogP contribution in [0.15, 0.2) is 18.5 Å². The summed E-state index contributed by atoms with van der Waals surface area (Å²) >= 11 is 0. The van der Waals surface area contributed by atoms with E-state index in [9.17, 15) is 28.2 Å². The maximum Gasteiger partial charge on any atom is 0.416 e. The zero-order chi connectivity index (χ0) is 13.9. The first-order chi connectivity index (χ1) is 8.23. The number of nitrogens with zero attached hydrogens (tertiary/aromatic N) is 1. The lowest BCUT2D eigenvalue weighted by Gasteiger charge is -2.20. The maximum absolute atomic E-state index is 12.6. The number of aliphatic hydroxyl groups is 2. The zero-order valence-corrected chi connectivity index (χ0v) is 8.92. The van der Waals surface area contributed by atoms with Gasteiger partial charge in [-0.15, -0.1) is 0 Å². The molecule has 2 unspecified atom stereocenters. The van der Waals surface area contributed by atoms with Gasteiger partial charge in [0.2, 0.25) is 0 Å². The minimum Gasteiger partial charge on any atom is -0.481 e. The number of carboxylic acids is 1. The molecular formula is C10H10F3NO4. The molecule has 2 atom stereocenters. The first-order valence-corrected chi connectivity index (χ1v) is 4.82. The third-order valence-corrected chi connectivity index (χ3v) is 2.22. The van der Waals surface area contributed by atoms with Gasteiger partial charge in [-0.2, -0.15) is 13.2 Å². The number of aromatic nitrogens is 1. The molecule has 1 rings (SSSR count). The van der Waals surface area contributed by atoms with Gasteiger partial charge in [-0.05, 0) is 6.07 Å². The van der Waals surface area contributed by atoms with Crippen LogP contribution in [0.25, 0.3) is 0 Å². The van der Waals surface area contributed by atoms with Crippen LogP contribution in [-0.2, 0) is 11.0 Å². The second kappa shape index (κ2) is 5.32. The van der Waals surface area contributed by atoms with E-state index in [-0.39, 0.29) is 0 Å². The molecule has 1 heterocycles. The number of carboxylic acid groups (broad SMARTS) is 1. The van der Waals surface area contributed by atoms with Crippen molar-refractivity contribution < 1.29 is 33.3 Å². The molecule has 0 saturated carbocycles. The number of pyridine rings is 1. The van der Waals surface area contributed by atoms with Crippen molar-refractivity contribution in [1.29, 1.82) is 0 Å². The van der Waals surface area contributed by atoms with Crippen LogP contribution in [0.5, 0.6) is 0 Å². The predicted octanol–water partition coefficient (Wildman–Crippen LogP) is 0.969. The van der Waals surface area contributed by atoms with Gasteiger partial charge in [-0.3, -0.25) is 9.78 Å². The molecule has 0 aromatic carbocycles. The van der Waals surface area contributed by atoms with Gasteiger partial charge >= 0.3 is 12.1 Å². The number of hydrogen-bond acceptors (Lipinski definition) is 4. The highest BCUT2D eigenvalue weighted by atomic mass is 19.4. The Hall–Kier alpha value is -1.67. The highest BCUT2D eigenvalue weighted by Crippen LogP contribution is 2.35. The summed E-state index contributed by atoms with van der Waals surface area (Å²) in [5, 5.41) is 27.2. The van der Waals surface area contributed by atoms with Crippen molar-refractivity contribution in [3.63, 3.8) is 0 Å². The normalized spacial score (nSPS) is 15.2. The van der Waals surface area contributed by atoms with E-state index >= 15 is 0 Å². The molecule has 0 spiro atoms. The van der Waals surface area contributed by atoms with Crippen LogP contribution < -0.4 is 0 Å². The summed E-state index contributed by atoms with van der Waals surface area (Å²) in [6, 6.07) is 0.645. The van der Waals surface area contributed by atoms with Gasteiger partial charge in [0, 0.05) is 18.0 Å². The molecule has 0 aliphatic rings. The predicted molar refractivity (Wildman–Crippen MR) is 52.5 cm³/mol. The van der Waals surface area contributed by atoms with Crippen LogP contribution in [0, 0.1) is 0 Å². The third kappa shape index (κ3) is 3.41. The molecule has 0 amide bonds. The van der Waals surface area contributed by atoms with E-state index in [0.717, 1.165) is 12.4 Å². The van der Waals surface area contributed by atoms with Crippen LogP contribution >= 0.6 is 0 Å². The van der Waals surface area contributed by atoms with E-state index in [0.29, 0.717) is 6.07 Å². The molecule has 0 aliphatic carbocycles. The van der Waals surface area contributed by atoms with Crippen LogP contribution in [0.2, 0.25) is 0 Å². The van der Waals surface area contributed by atoms with Gasteiger partial charge in [0.15, 0.2) is 0 Å². The second-order valence-corrected chi connectivity index (χ2v) is 3.57. The minimum atomic E-state index is -4.72. The molecule has 0 fully saturated rings. The molecule has 1 aromatic rings. The highest BCUT2D eigenvalue weighted by Gasteiger charge is 2.36. The van der Waals surface area contributed by atoms with Gasteiger partial charge < -0.3 is 15.3 Å². The van der Waals surface area contributed by atoms with E-state index in [1.807, 2.05) is 0 Å². The molecule has 8 heteroatoms. The molecule has 0 bridgehead atoms. The molecule has 18 heavy (non-hydrogen) atoms. The second-order valence-electron chi connectivity index (χ2n) is 3.57. The lowest BCUT2D eigenvalue weighted by atomic mass is 9.99. The summed E-state index contributed by atoms with van der Waals surface area (Å²) in [4.78, 5) is 13.7. The Balaban J connectivity index is 3.06. The lowest BCUT2D eigenvalue weighted by Crippen LogP contribution is -2.24. The monoisotopic (exact) mass is 265 g/mol. The fourth-order valence-corrected chi connectivity index (χ4v) is 1.40. The van der Waals surface area contributed by atoms with Gasteiger partial charge in [0.25, 0.3) is 0 Å². The summed E-state index contributed by atoms with van der Waals surface area (Å²) < 4.78 is 37.8. The van der Waals surface area contributed by atoms with Gasteiger partial charge in [-0.1, -0.05) is 0 Å². The zero-order valence-electron chi connectivity index (χ0n) is 8.92. The summed E-state index contributed by atoms with van der Waals surface area (Å²) in [6.45, 7) is 0. The van der Waals surface area contributed by atoms with Crippen molar-refractivity contribution >= 4 is 5.97 Å². The summed E-state index contributed by atoms with van der Waals surface area (Å²) in [6.07, 6.45) is -7.75. The van der Waals surface area contributed by atoms with Crippen molar-refractivity contribution in [3.8, 4) is 0 Å². The summed E-state index contributed by atoms with van der Waals surface area (Å²) in [7, 11) is 0. The molecule has 0 aliphatic heterocycles. The Labute approximate surface area is 99.5 Å². The molecule has 100 valence electrons. The third-order valence-electron chi connectivity index (χ3n) is 2.22. The topological polar surface area (TPSA) is 90.7 Å². The van der Waals surface area contributed by atoms with Crippen LogP contribution in [0.1, 0.15) is 23.7 Å². The molecule has 0 saturated heterocycles. The fourth-order valence-electron chi connectivity index (χ4n) is 1.40. The van der Waals surface area contributed by atoms with Gasteiger partial charge in [-0.25, -0.2) is 0 Å². The highest BCUT2D eigenvalue weighted by molar-refractivity contribution is 5.67. The number of carbonyl (C=O) groups is 1. The van der Waals surface area contributed by atoms with Gasteiger partial charge in [0.1, 0.15) is 6.10 Å². The van der Waals surface area contributed by atoms with E-state index < -0.39 is 41.9 Å². The van der Waals surface area contributed by atoms with Crippen molar-refractivity contribution in [2.75, 3.05) is 0 Å². The van der Waals surface area contributed by atoms with Crippen molar-refractivity contribution in [2.45, 2.75) is 24.8 Å². The lowest BCUT2D eigenvalue weighted by molar-refractivity contribution is -0.142. The van der Waals surface area contributed by atoms with Crippen molar-refractivity contribution in [1.82, 2.24) is 4.98 Å². The number of rotatable bonds is 4. The Morgan fingerprint density at radius 3 is 2.50 bits per heavy atom. The minimum absolute atomic E-state index is 0.645. The molecule has 5 nitrogen and oxygen atoms in total. The number of aliphatic carboxylic acids is 1. The Kier molecular flexibility index (Phi) is 4.25. The average Bonchev–Trinajstić information content (AvgIpc) is 2.26. The smallest absolute Gasteiger partial charge is 0.416 e. The first-order valence-electron chi connectivity index (χ1n) is 4.82. The van der Waals surface area contributed by atoms with Crippen molar-refractivity contribution in [3.05, 3.63) is 29.6 Å². The molecular weight excluding hydrogens is 255 g/mol. The number of alkyl halides is 3. The standard InChI is InChI=1S/C10H10F3NO4/c11-10(12,13)6-1-2-14-4-5(6)9(18)7(15)3-8(16)17/h1-2,4,7,9,15,18H,3H2,(H,16,17). The molecule has 3 N–H and O–H groups in total. The quantitative estimate of drug-likeness (QED) is 0.754. The number of hydrogen-bond donors (Lipinski definition) is 3. The van der Waals surface area contributed by atoms with E-state index in [1.165, 1.54) is 0 Å². The van der Waals surface area contributed by atoms with Gasteiger partial charge in [0.05, 0.1) is 18.1 Å². The Morgan fingerprint density at radius 2 is 2.00 bits per heavy atom. The summed E-state index contributed by atoms with van der Waals surface area (Å²) in [5.74, 6) is -1.43. The molecule has 1 aromatic heterocycles. The number of halogens is 3. The summed E-state index contributed by atoms with van der Waals surface area (Å²) in [5.41, 5.74) is -1.81. The van der Waals surface area contributed by atoms with Crippen LogP contribution in [-0.4, -0.2) is 32.4 Å². The SMILES string of the molecule is O=C(O)CC(O)C(O)c1cnccc1C(F)(F)F. The van der Waals surface area contributed by atoms with E-state index in [1.54, 1.807) is 0 Å². The van der Waals surface area contributed by atoms with Crippen LogP contribution in [0.4, 0.5) is 13.2 Å². The molecule has 0 radical (unpaired) electrons. The van der Waals surface area contributed by atoms with Crippen LogP contribution in [0.3, 0.4) is 0 Å². The van der Waals surface area contributed by atoms with E-state index in [2.05, 4.69) is 4.98 Å². The first kappa shape index (κ1) is 14.4. The largest absolute Gasteiger partial charge is 0.481 e. The Morgan fingerprint density at radius 1 is 1.39 bits per heavy atom. The average molecular weight is 265 g/mol. The van der Waals surface area contributed by atoms with Crippen molar-refractivity contribution in [2.24, 2.45) is 0 Å². The van der Waals surface area contributed by atoms with E-state index in [4.69, 9.17) is 5.11 Å². The number of aliphatic hydroxyl groups excluding tert-OH is 2. The maximum atomic E-state index is 12.6.